The lowest BCUT2D eigenvalue weighted by Crippen LogP contribution is -2.61. The first-order valence-electron chi connectivity index (χ1n) is 9.40. The van der Waals surface area contributed by atoms with Gasteiger partial charge in [0, 0.05) is 38.6 Å². The van der Waals surface area contributed by atoms with E-state index >= 15 is 0 Å². The number of hydrogen-bond acceptors (Lipinski definition) is 4. The smallest absolute Gasteiger partial charge is 0.230 e. The second kappa shape index (κ2) is 7.21. The highest BCUT2D eigenvalue weighted by molar-refractivity contribution is 5.84. The Hall–Kier alpha value is -2.18. The summed E-state index contributed by atoms with van der Waals surface area (Å²) < 4.78 is 1.91. The summed E-state index contributed by atoms with van der Waals surface area (Å²) in [5.41, 5.74) is 1.82. The molecule has 2 saturated heterocycles. The van der Waals surface area contributed by atoms with Gasteiger partial charge in [0.2, 0.25) is 5.91 Å². The third-order valence-electron chi connectivity index (χ3n) is 5.73. The number of benzene rings is 1. The maximum atomic E-state index is 12.5. The van der Waals surface area contributed by atoms with Crippen molar-refractivity contribution >= 4 is 5.91 Å². The zero-order valence-electron chi connectivity index (χ0n) is 15.0. The number of aromatic nitrogens is 2. The molecule has 2 aliphatic heterocycles. The second-order valence-electron chi connectivity index (χ2n) is 7.55. The van der Waals surface area contributed by atoms with E-state index in [2.05, 4.69) is 39.6 Å². The van der Waals surface area contributed by atoms with Crippen molar-refractivity contribution in [2.24, 2.45) is 5.41 Å². The van der Waals surface area contributed by atoms with Crippen LogP contribution in [0, 0.1) is 5.41 Å². The molecular formula is C20H26N4O2. The van der Waals surface area contributed by atoms with Crippen molar-refractivity contribution in [2.45, 2.75) is 38.5 Å². The normalized spacial score (nSPS) is 26.8. The molecule has 138 valence electrons. The zero-order valence-corrected chi connectivity index (χ0v) is 15.0. The van der Waals surface area contributed by atoms with E-state index in [1.54, 1.807) is 6.20 Å². The Bertz CT molecular complexity index is 744. The van der Waals surface area contributed by atoms with Crippen molar-refractivity contribution in [1.82, 2.24) is 20.0 Å². The molecule has 1 aromatic heterocycles. The second-order valence-corrected chi connectivity index (χ2v) is 7.55. The fourth-order valence-corrected chi connectivity index (χ4v) is 4.25. The summed E-state index contributed by atoms with van der Waals surface area (Å²) in [6.07, 6.45) is 5.59. The molecule has 0 aliphatic carbocycles. The van der Waals surface area contributed by atoms with E-state index in [1.807, 2.05) is 16.9 Å². The van der Waals surface area contributed by atoms with Crippen LogP contribution < -0.4 is 5.32 Å². The Morgan fingerprint density at radius 3 is 2.69 bits per heavy atom. The van der Waals surface area contributed by atoms with Gasteiger partial charge in [0.25, 0.3) is 0 Å². The quantitative estimate of drug-likeness (QED) is 0.871. The fraction of sp³-hybridized carbons (Fsp3) is 0.500. The lowest BCUT2D eigenvalue weighted by Gasteiger charge is -2.47. The standard InChI is InChI=1S/C20H26N4O2/c25-18-7-12-23(15-20(18)8-1-9-21-19(20)26)13-16-3-5-17(6-4-16)14-24-11-2-10-22-24/h2-6,10-11,18,25H,1,7-9,12-15H2,(H,21,26)/t18-,20+/m0/s1. The van der Waals surface area contributed by atoms with Crippen LogP contribution >= 0.6 is 0 Å². The van der Waals surface area contributed by atoms with Crippen molar-refractivity contribution in [1.29, 1.82) is 0 Å². The molecule has 4 rings (SSSR count). The Morgan fingerprint density at radius 1 is 1.23 bits per heavy atom. The van der Waals surface area contributed by atoms with Crippen LogP contribution in [0.25, 0.3) is 0 Å². The molecule has 0 saturated carbocycles. The largest absolute Gasteiger partial charge is 0.392 e. The summed E-state index contributed by atoms with van der Waals surface area (Å²) in [4.78, 5) is 14.8. The van der Waals surface area contributed by atoms with Crippen LogP contribution in [-0.2, 0) is 17.9 Å². The number of piperidine rings is 2. The van der Waals surface area contributed by atoms with E-state index in [9.17, 15) is 9.90 Å². The first kappa shape index (κ1) is 17.2. The van der Waals surface area contributed by atoms with Gasteiger partial charge in [0.1, 0.15) is 0 Å². The van der Waals surface area contributed by atoms with Crippen LogP contribution in [-0.4, -0.2) is 51.4 Å². The molecule has 26 heavy (non-hydrogen) atoms. The van der Waals surface area contributed by atoms with Crippen LogP contribution in [0.1, 0.15) is 30.4 Å². The van der Waals surface area contributed by atoms with Gasteiger partial charge >= 0.3 is 0 Å². The van der Waals surface area contributed by atoms with Gasteiger partial charge in [-0.05, 0) is 36.5 Å². The number of aliphatic hydroxyl groups excluding tert-OH is 1. The summed E-state index contributed by atoms with van der Waals surface area (Å²) in [5.74, 6) is 0.0236. The minimum atomic E-state index is -0.628. The molecule has 6 nitrogen and oxygen atoms in total. The third kappa shape index (κ3) is 3.39. The predicted octanol–water partition coefficient (Wildman–Crippen LogP) is 1.39. The Labute approximate surface area is 153 Å². The summed E-state index contributed by atoms with van der Waals surface area (Å²) >= 11 is 0. The highest BCUT2D eigenvalue weighted by Gasteiger charge is 2.49. The predicted molar refractivity (Wildman–Crippen MR) is 98.3 cm³/mol. The number of carbonyl (C=O) groups excluding carboxylic acids is 1. The molecule has 1 amide bonds. The maximum absolute atomic E-state index is 12.5. The zero-order chi connectivity index (χ0) is 18.0. The van der Waals surface area contributed by atoms with Crippen molar-refractivity contribution in [3.63, 3.8) is 0 Å². The topological polar surface area (TPSA) is 70.4 Å². The number of carbonyl (C=O) groups is 1. The lowest BCUT2D eigenvalue weighted by molar-refractivity contribution is -0.149. The monoisotopic (exact) mass is 354 g/mol. The molecule has 2 fully saturated rings. The van der Waals surface area contributed by atoms with Gasteiger partial charge in [0.15, 0.2) is 0 Å². The van der Waals surface area contributed by atoms with Crippen molar-refractivity contribution in [3.8, 4) is 0 Å². The number of rotatable bonds is 4. The minimum absolute atomic E-state index is 0.0236. The minimum Gasteiger partial charge on any atom is -0.392 e. The summed E-state index contributed by atoms with van der Waals surface area (Å²) in [5, 5.41) is 17.7. The van der Waals surface area contributed by atoms with E-state index in [4.69, 9.17) is 0 Å². The summed E-state index contributed by atoms with van der Waals surface area (Å²) in [6.45, 7) is 3.77. The molecule has 0 unspecified atom stereocenters. The van der Waals surface area contributed by atoms with Crippen LogP contribution in [0.2, 0.25) is 0 Å². The van der Waals surface area contributed by atoms with E-state index < -0.39 is 11.5 Å². The molecular weight excluding hydrogens is 328 g/mol. The van der Waals surface area contributed by atoms with Crippen LogP contribution in [0.15, 0.2) is 42.7 Å². The average Bonchev–Trinajstić information content (AvgIpc) is 3.15. The van der Waals surface area contributed by atoms with Gasteiger partial charge in [-0.3, -0.25) is 14.4 Å². The maximum Gasteiger partial charge on any atom is 0.230 e. The highest BCUT2D eigenvalue weighted by Crippen LogP contribution is 2.37. The van der Waals surface area contributed by atoms with Gasteiger partial charge in [-0.1, -0.05) is 24.3 Å². The number of nitrogens with one attached hydrogen (secondary N) is 1. The van der Waals surface area contributed by atoms with Crippen molar-refractivity contribution < 1.29 is 9.90 Å². The Kier molecular flexibility index (Phi) is 4.78. The summed E-state index contributed by atoms with van der Waals surface area (Å²) in [6, 6.07) is 10.5. The first-order chi connectivity index (χ1) is 12.7. The van der Waals surface area contributed by atoms with Crippen molar-refractivity contribution in [3.05, 3.63) is 53.9 Å². The highest BCUT2D eigenvalue weighted by atomic mass is 16.3. The molecule has 6 heteroatoms. The number of likely N-dealkylation sites (tertiary alicyclic amines) is 1. The van der Waals surface area contributed by atoms with Gasteiger partial charge in [-0.2, -0.15) is 5.10 Å². The Morgan fingerprint density at radius 2 is 2.00 bits per heavy atom. The number of hydrogen-bond donors (Lipinski definition) is 2. The van der Waals surface area contributed by atoms with Gasteiger partial charge in [-0.25, -0.2) is 0 Å². The average molecular weight is 354 g/mol. The molecule has 2 atom stereocenters. The first-order valence-corrected chi connectivity index (χ1v) is 9.40. The molecule has 2 aromatic rings. The molecule has 1 aromatic carbocycles. The van der Waals surface area contributed by atoms with Crippen molar-refractivity contribution in [2.75, 3.05) is 19.6 Å². The van der Waals surface area contributed by atoms with Crippen LogP contribution in [0.3, 0.4) is 0 Å². The van der Waals surface area contributed by atoms with Gasteiger partial charge in [-0.15, -0.1) is 0 Å². The summed E-state index contributed by atoms with van der Waals surface area (Å²) in [7, 11) is 0. The SMILES string of the molecule is O=C1NCCC[C@]12CN(Cc1ccc(Cn3cccn3)cc1)CC[C@@H]2O. The molecule has 0 radical (unpaired) electrons. The lowest BCUT2D eigenvalue weighted by atomic mass is 9.71. The third-order valence-corrected chi connectivity index (χ3v) is 5.73. The number of nitrogens with zero attached hydrogens (tertiary/aromatic N) is 3. The van der Waals surface area contributed by atoms with Gasteiger partial charge in [0.05, 0.1) is 18.1 Å². The Balaban J connectivity index is 1.41. The van der Waals surface area contributed by atoms with Crippen LogP contribution in [0.4, 0.5) is 0 Å². The molecule has 1 spiro atoms. The van der Waals surface area contributed by atoms with E-state index in [1.165, 1.54) is 11.1 Å². The van der Waals surface area contributed by atoms with Crippen LogP contribution in [0.5, 0.6) is 0 Å². The fourth-order valence-electron chi connectivity index (χ4n) is 4.25. The molecule has 0 bridgehead atoms. The molecule has 2 aliphatic rings. The number of amides is 1. The van der Waals surface area contributed by atoms with E-state index in [0.29, 0.717) is 13.0 Å². The van der Waals surface area contributed by atoms with Gasteiger partial charge < -0.3 is 10.4 Å². The van der Waals surface area contributed by atoms with E-state index in [0.717, 1.165) is 39.0 Å². The molecule has 3 heterocycles. The number of aliphatic hydroxyl groups is 1. The van der Waals surface area contributed by atoms with E-state index in [-0.39, 0.29) is 5.91 Å². The molecule has 2 N–H and O–H groups in total.